The molecule has 0 aliphatic rings. The van der Waals surface area contributed by atoms with Gasteiger partial charge in [0.1, 0.15) is 5.82 Å². The lowest BCUT2D eigenvalue weighted by Gasteiger charge is -2.14. The third kappa shape index (κ3) is 5.72. The molecule has 1 nitrogen and oxygen atoms in total. The Kier molecular flexibility index (Phi) is 7.95. The van der Waals surface area contributed by atoms with Crippen molar-refractivity contribution in [1.29, 1.82) is 0 Å². The average Bonchev–Trinajstić information content (AvgIpc) is 2.36. The standard InChI is InChI=1S/C14H21BrFNS/c1-11(17-8-4-3-5-9-18-2)12-6-7-14(16)13(15)10-12/h6-7,10-11,17H,3-5,8-9H2,1-2H3. The quantitative estimate of drug-likeness (QED) is 0.687. The van der Waals surface area contributed by atoms with Gasteiger partial charge in [0.05, 0.1) is 4.47 Å². The van der Waals surface area contributed by atoms with Gasteiger partial charge >= 0.3 is 0 Å². The first kappa shape index (κ1) is 16.0. The predicted molar refractivity (Wildman–Crippen MR) is 82.8 cm³/mol. The first-order valence-electron chi connectivity index (χ1n) is 6.32. The zero-order valence-corrected chi connectivity index (χ0v) is 13.4. The van der Waals surface area contributed by atoms with E-state index in [1.54, 1.807) is 0 Å². The molecular formula is C14H21BrFNS. The molecule has 0 aliphatic heterocycles. The van der Waals surface area contributed by atoms with Gasteiger partial charge in [-0.15, -0.1) is 0 Å². The molecule has 0 spiro atoms. The van der Waals surface area contributed by atoms with E-state index in [0.29, 0.717) is 4.47 Å². The summed E-state index contributed by atoms with van der Waals surface area (Å²) in [7, 11) is 0. The smallest absolute Gasteiger partial charge is 0.137 e. The number of unbranched alkanes of at least 4 members (excludes halogenated alkanes) is 2. The second-order valence-electron chi connectivity index (χ2n) is 4.40. The van der Waals surface area contributed by atoms with Crippen LogP contribution < -0.4 is 5.32 Å². The van der Waals surface area contributed by atoms with Crippen molar-refractivity contribution >= 4 is 27.7 Å². The van der Waals surface area contributed by atoms with Gasteiger partial charge in [-0.3, -0.25) is 0 Å². The van der Waals surface area contributed by atoms with E-state index in [4.69, 9.17) is 0 Å². The van der Waals surface area contributed by atoms with Crippen molar-refractivity contribution in [1.82, 2.24) is 5.32 Å². The fourth-order valence-electron chi connectivity index (χ4n) is 1.77. The molecule has 0 radical (unpaired) electrons. The number of hydrogen-bond acceptors (Lipinski definition) is 2. The van der Waals surface area contributed by atoms with Gasteiger partial charge in [0.25, 0.3) is 0 Å². The molecular weight excluding hydrogens is 313 g/mol. The summed E-state index contributed by atoms with van der Waals surface area (Å²) in [5, 5.41) is 3.47. The summed E-state index contributed by atoms with van der Waals surface area (Å²) in [4.78, 5) is 0. The number of rotatable bonds is 8. The maximum Gasteiger partial charge on any atom is 0.137 e. The molecule has 0 aliphatic carbocycles. The molecule has 1 unspecified atom stereocenters. The van der Waals surface area contributed by atoms with Crippen LogP contribution in [0.2, 0.25) is 0 Å². The van der Waals surface area contributed by atoms with Crippen LogP contribution in [-0.4, -0.2) is 18.6 Å². The summed E-state index contributed by atoms with van der Waals surface area (Å²) in [6.07, 6.45) is 5.91. The summed E-state index contributed by atoms with van der Waals surface area (Å²) in [6, 6.07) is 5.46. The highest BCUT2D eigenvalue weighted by molar-refractivity contribution is 9.10. The van der Waals surface area contributed by atoms with Gasteiger partial charge in [-0.1, -0.05) is 12.5 Å². The molecule has 0 saturated carbocycles. The molecule has 0 bridgehead atoms. The monoisotopic (exact) mass is 333 g/mol. The largest absolute Gasteiger partial charge is 0.310 e. The Morgan fingerprint density at radius 3 is 2.78 bits per heavy atom. The molecule has 4 heteroatoms. The highest BCUT2D eigenvalue weighted by Crippen LogP contribution is 2.21. The van der Waals surface area contributed by atoms with Crippen molar-refractivity contribution in [2.75, 3.05) is 18.6 Å². The fourth-order valence-corrected chi connectivity index (χ4v) is 2.66. The Balaban J connectivity index is 2.27. The maximum absolute atomic E-state index is 13.1. The molecule has 1 aromatic carbocycles. The van der Waals surface area contributed by atoms with Crippen LogP contribution in [0, 0.1) is 5.82 Å². The van der Waals surface area contributed by atoms with Crippen molar-refractivity contribution < 1.29 is 4.39 Å². The van der Waals surface area contributed by atoms with Gasteiger partial charge in [-0.05, 0) is 71.9 Å². The van der Waals surface area contributed by atoms with Gasteiger partial charge in [0, 0.05) is 6.04 Å². The minimum absolute atomic E-state index is 0.206. The molecule has 0 amide bonds. The second-order valence-corrected chi connectivity index (χ2v) is 6.24. The lowest BCUT2D eigenvalue weighted by molar-refractivity contribution is 0.542. The molecule has 0 heterocycles. The van der Waals surface area contributed by atoms with Crippen molar-refractivity contribution in [3.05, 3.63) is 34.1 Å². The van der Waals surface area contributed by atoms with Crippen LogP contribution in [0.4, 0.5) is 4.39 Å². The third-order valence-electron chi connectivity index (χ3n) is 2.92. The first-order valence-corrected chi connectivity index (χ1v) is 8.51. The summed E-state index contributed by atoms with van der Waals surface area (Å²) in [5.41, 5.74) is 1.12. The summed E-state index contributed by atoms with van der Waals surface area (Å²) >= 11 is 5.12. The average molecular weight is 334 g/mol. The Labute approximate surface area is 122 Å². The van der Waals surface area contributed by atoms with E-state index >= 15 is 0 Å². The normalized spacial score (nSPS) is 12.7. The topological polar surface area (TPSA) is 12.0 Å². The lowest BCUT2D eigenvalue weighted by atomic mass is 10.1. The zero-order chi connectivity index (χ0) is 13.4. The Morgan fingerprint density at radius 2 is 2.11 bits per heavy atom. The lowest BCUT2D eigenvalue weighted by Crippen LogP contribution is -2.19. The molecule has 18 heavy (non-hydrogen) atoms. The van der Waals surface area contributed by atoms with Crippen LogP contribution in [0.15, 0.2) is 22.7 Å². The van der Waals surface area contributed by atoms with Crippen molar-refractivity contribution in [3.63, 3.8) is 0 Å². The Morgan fingerprint density at radius 1 is 1.33 bits per heavy atom. The molecule has 1 N–H and O–H groups in total. The van der Waals surface area contributed by atoms with Crippen molar-refractivity contribution in [3.8, 4) is 0 Å². The zero-order valence-electron chi connectivity index (χ0n) is 11.0. The number of halogens is 2. The van der Waals surface area contributed by atoms with Crippen LogP contribution in [0.5, 0.6) is 0 Å². The summed E-state index contributed by atoms with van der Waals surface area (Å²) in [6.45, 7) is 3.13. The van der Waals surface area contributed by atoms with Gasteiger partial charge in [-0.2, -0.15) is 11.8 Å². The Bertz CT molecular complexity index is 360. The number of nitrogens with one attached hydrogen (secondary N) is 1. The summed E-state index contributed by atoms with van der Waals surface area (Å²) in [5.74, 6) is 1.04. The molecule has 0 saturated heterocycles. The third-order valence-corrected chi connectivity index (χ3v) is 4.22. The van der Waals surface area contributed by atoms with Crippen LogP contribution in [0.25, 0.3) is 0 Å². The van der Waals surface area contributed by atoms with Gasteiger partial charge in [-0.25, -0.2) is 4.39 Å². The van der Waals surface area contributed by atoms with E-state index in [0.717, 1.165) is 12.1 Å². The SMILES string of the molecule is CSCCCCCNC(C)c1ccc(F)c(Br)c1. The van der Waals surface area contributed by atoms with Crippen molar-refractivity contribution in [2.24, 2.45) is 0 Å². The molecule has 1 rings (SSSR count). The number of thioether (sulfide) groups is 1. The number of hydrogen-bond donors (Lipinski definition) is 1. The van der Waals surface area contributed by atoms with Gasteiger partial charge < -0.3 is 5.32 Å². The minimum atomic E-state index is -0.206. The minimum Gasteiger partial charge on any atom is -0.310 e. The fraction of sp³-hybridized carbons (Fsp3) is 0.571. The predicted octanol–water partition coefficient (Wildman–Crippen LogP) is 4.77. The second kappa shape index (κ2) is 8.94. The van der Waals surface area contributed by atoms with Crippen LogP contribution >= 0.6 is 27.7 Å². The van der Waals surface area contributed by atoms with Gasteiger partial charge in [0.15, 0.2) is 0 Å². The molecule has 0 aromatic heterocycles. The summed E-state index contributed by atoms with van der Waals surface area (Å²) < 4.78 is 13.7. The maximum atomic E-state index is 13.1. The highest BCUT2D eigenvalue weighted by atomic mass is 79.9. The first-order chi connectivity index (χ1) is 8.65. The van der Waals surface area contributed by atoms with E-state index in [2.05, 4.69) is 34.4 Å². The highest BCUT2D eigenvalue weighted by Gasteiger charge is 2.07. The molecule has 1 atom stereocenters. The van der Waals surface area contributed by atoms with E-state index in [1.807, 2.05) is 23.9 Å². The van der Waals surface area contributed by atoms with E-state index in [1.165, 1.54) is 31.1 Å². The number of benzene rings is 1. The Hall–Kier alpha value is -0.0600. The van der Waals surface area contributed by atoms with E-state index < -0.39 is 0 Å². The van der Waals surface area contributed by atoms with Crippen LogP contribution in [0.3, 0.4) is 0 Å². The van der Waals surface area contributed by atoms with Crippen molar-refractivity contribution in [2.45, 2.75) is 32.2 Å². The molecule has 102 valence electrons. The van der Waals surface area contributed by atoms with Crippen LogP contribution in [0.1, 0.15) is 37.8 Å². The van der Waals surface area contributed by atoms with E-state index in [-0.39, 0.29) is 11.9 Å². The molecule has 0 fully saturated rings. The van der Waals surface area contributed by atoms with E-state index in [9.17, 15) is 4.39 Å². The van der Waals surface area contributed by atoms with Gasteiger partial charge in [0.2, 0.25) is 0 Å². The molecule has 1 aromatic rings. The van der Waals surface area contributed by atoms with Crippen LogP contribution in [-0.2, 0) is 0 Å².